The second kappa shape index (κ2) is 11.6. The Morgan fingerprint density at radius 2 is 1.93 bits per heavy atom. The molecule has 0 radical (unpaired) electrons. The van der Waals surface area contributed by atoms with E-state index in [2.05, 4.69) is 38.1 Å². The van der Waals surface area contributed by atoms with Crippen molar-refractivity contribution < 1.29 is 31.1 Å². The van der Waals surface area contributed by atoms with Crippen LogP contribution in [0.25, 0.3) is 10.6 Å². The monoisotopic (exact) mass is 650 g/mol. The van der Waals surface area contributed by atoms with Gasteiger partial charge in [-0.25, -0.2) is 18.4 Å². The molecular formula is C29H33F3N6O4S2. The Morgan fingerprint density at radius 3 is 2.59 bits per heavy atom. The topological polar surface area (TPSA) is 108 Å². The zero-order valence-electron chi connectivity index (χ0n) is 24.5. The number of halogens is 3. The molecule has 2 fully saturated rings. The predicted molar refractivity (Wildman–Crippen MR) is 161 cm³/mol. The summed E-state index contributed by atoms with van der Waals surface area (Å²) in [4.78, 5) is 26.6. The first kappa shape index (κ1) is 30.7. The summed E-state index contributed by atoms with van der Waals surface area (Å²) in [6, 6.07) is 7.90. The van der Waals surface area contributed by atoms with Crippen LogP contribution in [0, 0.1) is 0 Å². The molecule has 0 bridgehead atoms. The number of carbonyl (C=O) groups is 1. The number of carbonyl (C=O) groups excluding carboxylic acids is 1. The van der Waals surface area contributed by atoms with Crippen molar-refractivity contribution in [2.24, 2.45) is 0 Å². The van der Waals surface area contributed by atoms with Gasteiger partial charge in [-0.1, -0.05) is 6.92 Å². The maximum atomic E-state index is 14.1. The van der Waals surface area contributed by atoms with Crippen molar-refractivity contribution in [1.29, 1.82) is 0 Å². The summed E-state index contributed by atoms with van der Waals surface area (Å²) >= 11 is 0.689. The fourth-order valence-corrected chi connectivity index (χ4v) is 8.86. The lowest BCUT2D eigenvalue weighted by atomic mass is 10.1. The van der Waals surface area contributed by atoms with Gasteiger partial charge >= 0.3 is 6.18 Å². The molecule has 3 aromatic rings. The van der Waals surface area contributed by atoms with Gasteiger partial charge in [0.1, 0.15) is 10.4 Å². The van der Waals surface area contributed by atoms with Crippen molar-refractivity contribution in [2.75, 3.05) is 62.4 Å². The van der Waals surface area contributed by atoms with Gasteiger partial charge in [-0.05, 0) is 43.2 Å². The number of thiophene rings is 1. The van der Waals surface area contributed by atoms with Crippen LogP contribution in [-0.2, 0) is 27.2 Å². The highest BCUT2D eigenvalue weighted by atomic mass is 32.2. The summed E-state index contributed by atoms with van der Waals surface area (Å²) in [5.74, 6) is -0.949. The number of benzene rings is 1. The van der Waals surface area contributed by atoms with Crippen LogP contribution in [-0.4, -0.2) is 98.4 Å². The van der Waals surface area contributed by atoms with Crippen molar-refractivity contribution in [1.82, 2.24) is 19.8 Å². The first-order valence-corrected chi connectivity index (χ1v) is 16.9. The lowest BCUT2D eigenvalue weighted by Crippen LogP contribution is -2.60. The lowest BCUT2D eigenvalue weighted by Gasteiger charge is -2.47. The van der Waals surface area contributed by atoms with E-state index >= 15 is 0 Å². The number of amides is 1. The van der Waals surface area contributed by atoms with E-state index < -0.39 is 33.2 Å². The van der Waals surface area contributed by atoms with Crippen LogP contribution in [0.5, 0.6) is 0 Å². The van der Waals surface area contributed by atoms with E-state index in [0.29, 0.717) is 41.7 Å². The van der Waals surface area contributed by atoms with Crippen molar-refractivity contribution >= 4 is 44.4 Å². The molecule has 1 amide bonds. The largest absolute Gasteiger partial charge is 0.420 e. The second-order valence-electron chi connectivity index (χ2n) is 11.3. The van der Waals surface area contributed by atoms with E-state index in [1.54, 1.807) is 0 Å². The highest BCUT2D eigenvalue weighted by Gasteiger charge is 2.38. The summed E-state index contributed by atoms with van der Waals surface area (Å²) in [5.41, 5.74) is 1.05. The van der Waals surface area contributed by atoms with Gasteiger partial charge in [-0.3, -0.25) is 9.69 Å². The third-order valence-corrected chi connectivity index (χ3v) is 11.4. The van der Waals surface area contributed by atoms with Gasteiger partial charge in [0.05, 0.1) is 40.5 Å². The van der Waals surface area contributed by atoms with Crippen LogP contribution in [0.4, 0.5) is 30.5 Å². The van der Waals surface area contributed by atoms with Crippen LogP contribution < -0.4 is 10.2 Å². The molecule has 1 N–H and O–H groups in total. The normalized spacial score (nSPS) is 21.1. The van der Waals surface area contributed by atoms with Gasteiger partial charge in [0.25, 0.3) is 5.91 Å². The molecule has 236 valence electrons. The number of nitrogens with one attached hydrogen (secondary N) is 1. The molecule has 0 unspecified atom stereocenters. The summed E-state index contributed by atoms with van der Waals surface area (Å²) < 4.78 is 73.4. The molecule has 3 aliphatic heterocycles. The number of hydrogen-bond acceptors (Lipinski definition) is 10. The highest BCUT2D eigenvalue weighted by Crippen LogP contribution is 2.42. The minimum atomic E-state index is -4.81. The van der Waals surface area contributed by atoms with Gasteiger partial charge in [-0.2, -0.15) is 13.2 Å². The fourth-order valence-electron chi connectivity index (χ4n) is 5.83. The van der Waals surface area contributed by atoms with Crippen LogP contribution in [0.1, 0.15) is 34.6 Å². The minimum absolute atomic E-state index is 0.00302. The van der Waals surface area contributed by atoms with Gasteiger partial charge in [0, 0.05) is 56.8 Å². The zero-order chi connectivity index (χ0) is 31.4. The number of fused-ring (bicyclic) bond motifs is 1. The van der Waals surface area contributed by atoms with E-state index in [9.17, 15) is 26.4 Å². The highest BCUT2D eigenvalue weighted by molar-refractivity contribution is 7.91. The molecule has 2 saturated heterocycles. The Labute approximate surface area is 257 Å². The van der Waals surface area contributed by atoms with Crippen molar-refractivity contribution in [3.8, 4) is 10.6 Å². The minimum Gasteiger partial charge on any atom is -0.378 e. The summed E-state index contributed by atoms with van der Waals surface area (Å²) in [6.07, 6.45) is -3.46. The average molecular weight is 651 g/mol. The maximum absolute atomic E-state index is 14.1. The summed E-state index contributed by atoms with van der Waals surface area (Å²) in [6.45, 7) is 8.45. The van der Waals surface area contributed by atoms with Crippen molar-refractivity contribution in [2.45, 2.75) is 43.4 Å². The molecule has 5 heterocycles. The molecule has 1 atom stereocenters. The van der Waals surface area contributed by atoms with E-state index in [0.717, 1.165) is 50.2 Å². The molecular weight excluding hydrogens is 617 g/mol. The number of anilines is 3. The van der Waals surface area contributed by atoms with Gasteiger partial charge in [-0.15, -0.1) is 11.3 Å². The van der Waals surface area contributed by atoms with Crippen LogP contribution in [0.3, 0.4) is 0 Å². The summed E-state index contributed by atoms with van der Waals surface area (Å²) in [5, 5.41) is 3.07. The third-order valence-electron chi connectivity index (χ3n) is 8.45. The number of alkyl halides is 3. The smallest absolute Gasteiger partial charge is 0.378 e. The van der Waals surface area contributed by atoms with Gasteiger partial charge in [0.15, 0.2) is 9.84 Å². The number of rotatable bonds is 6. The molecule has 2 aromatic heterocycles. The first-order valence-electron chi connectivity index (χ1n) is 14.4. The fraction of sp³-hybridized carbons (Fsp3) is 0.483. The molecule has 0 saturated carbocycles. The van der Waals surface area contributed by atoms with Crippen LogP contribution in [0.15, 0.2) is 35.4 Å². The quantitative estimate of drug-likeness (QED) is 0.418. The molecule has 6 rings (SSSR count). The number of hydrogen-bond donors (Lipinski definition) is 1. The molecule has 0 aliphatic carbocycles. The zero-order valence-corrected chi connectivity index (χ0v) is 26.2. The molecule has 44 heavy (non-hydrogen) atoms. The van der Waals surface area contributed by atoms with E-state index in [1.165, 1.54) is 11.9 Å². The Bertz CT molecular complexity index is 1690. The van der Waals surface area contributed by atoms with Gasteiger partial charge in [0.2, 0.25) is 5.95 Å². The third kappa shape index (κ3) is 5.77. The Hall–Kier alpha value is -3.27. The molecule has 3 aliphatic rings. The average Bonchev–Trinajstić information content (AvgIpc) is 3.39. The number of piperazine rings is 1. The maximum Gasteiger partial charge on any atom is 0.420 e. The Balaban J connectivity index is 1.30. The number of ether oxygens (including phenoxy) is 1. The van der Waals surface area contributed by atoms with Crippen LogP contribution >= 0.6 is 11.3 Å². The number of sulfone groups is 1. The lowest BCUT2D eigenvalue weighted by molar-refractivity contribution is -0.137. The van der Waals surface area contributed by atoms with E-state index in [4.69, 9.17) is 4.74 Å². The Kier molecular flexibility index (Phi) is 8.09. The van der Waals surface area contributed by atoms with Crippen LogP contribution in [0.2, 0.25) is 0 Å². The molecule has 15 heteroatoms. The molecule has 1 aromatic carbocycles. The van der Waals surface area contributed by atoms with E-state index in [1.807, 2.05) is 19.1 Å². The predicted octanol–water partition coefficient (Wildman–Crippen LogP) is 4.30. The van der Waals surface area contributed by atoms with Gasteiger partial charge < -0.3 is 19.9 Å². The molecule has 10 nitrogen and oxygen atoms in total. The number of nitrogens with zero attached hydrogens (tertiary/aromatic N) is 5. The first-order chi connectivity index (χ1) is 20.9. The van der Waals surface area contributed by atoms with Crippen molar-refractivity contribution in [3.05, 3.63) is 46.5 Å². The second-order valence-corrected chi connectivity index (χ2v) is 14.5. The van der Waals surface area contributed by atoms with Crippen molar-refractivity contribution in [3.63, 3.8) is 0 Å². The number of aromatic nitrogens is 2. The SMILES string of the molecule is CCc1cc(N2CCN(C3COC3)[C@H](C)C2)ccc1Nc1ncc(C(F)(F)F)c(-c2cc3c(s2)C(=O)N(C)CCS3(=O)=O)n1. The Morgan fingerprint density at radius 1 is 1.16 bits per heavy atom. The number of aryl methyl sites for hydroxylation is 1. The molecule has 0 spiro atoms. The van der Waals surface area contributed by atoms with E-state index in [-0.39, 0.29) is 32.9 Å². The summed E-state index contributed by atoms with van der Waals surface area (Å²) in [7, 11) is -2.41. The standard InChI is InChI=1S/C29H33F3N6O4S2/c1-4-18-11-19(37-7-8-38(17(2)14-37)20-15-42-16-20)5-6-22(18)34-28-33-13-21(29(30,31)32)25(35-28)23-12-24-26(43-23)27(39)36(3)9-10-44(24,40)41/h5-6,11-13,17,20H,4,7-10,14-16H2,1-3H3,(H,33,34,35)/t17-/m1/s1.